The van der Waals surface area contributed by atoms with Gasteiger partial charge in [-0.25, -0.2) is 4.79 Å². The standard InChI is InChI=1S/C13H17N3O4/c1-8-3-4-11(16(19)20)9(2)12(8)14-13(18)15-6-5-10(17)7-15/h3-4,10,17H,5-7H2,1-2H3,(H,14,18)/t10-/m0/s1. The molecule has 0 aliphatic carbocycles. The smallest absolute Gasteiger partial charge is 0.321 e. The molecule has 2 N–H and O–H groups in total. The van der Waals surface area contributed by atoms with Gasteiger partial charge in [0, 0.05) is 19.2 Å². The zero-order valence-electron chi connectivity index (χ0n) is 11.4. The largest absolute Gasteiger partial charge is 0.391 e. The Morgan fingerprint density at radius 2 is 2.20 bits per heavy atom. The van der Waals surface area contributed by atoms with Crippen molar-refractivity contribution in [3.63, 3.8) is 0 Å². The van der Waals surface area contributed by atoms with Crippen molar-refractivity contribution in [1.82, 2.24) is 4.90 Å². The number of carbonyl (C=O) groups is 1. The highest BCUT2D eigenvalue weighted by Gasteiger charge is 2.26. The van der Waals surface area contributed by atoms with Crippen molar-refractivity contribution in [2.45, 2.75) is 26.4 Å². The van der Waals surface area contributed by atoms with Gasteiger partial charge in [0.2, 0.25) is 0 Å². The lowest BCUT2D eigenvalue weighted by molar-refractivity contribution is -0.385. The van der Waals surface area contributed by atoms with Crippen LogP contribution in [0.4, 0.5) is 16.2 Å². The molecule has 7 nitrogen and oxygen atoms in total. The van der Waals surface area contributed by atoms with E-state index in [1.165, 1.54) is 11.0 Å². The number of amides is 2. The number of carbonyl (C=O) groups excluding carboxylic acids is 1. The molecule has 0 unspecified atom stereocenters. The number of hydrogen-bond donors (Lipinski definition) is 2. The molecule has 0 radical (unpaired) electrons. The summed E-state index contributed by atoms with van der Waals surface area (Å²) in [7, 11) is 0. The summed E-state index contributed by atoms with van der Waals surface area (Å²) >= 11 is 0. The zero-order valence-corrected chi connectivity index (χ0v) is 11.4. The molecule has 0 bridgehead atoms. The molecule has 0 spiro atoms. The summed E-state index contributed by atoms with van der Waals surface area (Å²) in [5, 5.41) is 23.1. The molecule has 108 valence electrons. The van der Waals surface area contributed by atoms with Crippen LogP contribution in [0.3, 0.4) is 0 Å². The molecule has 1 fully saturated rings. The summed E-state index contributed by atoms with van der Waals surface area (Å²) in [4.78, 5) is 24.0. The number of benzene rings is 1. The van der Waals surface area contributed by atoms with Crippen molar-refractivity contribution in [2.75, 3.05) is 18.4 Å². The van der Waals surface area contributed by atoms with E-state index in [9.17, 15) is 20.0 Å². The van der Waals surface area contributed by atoms with Gasteiger partial charge in [-0.15, -0.1) is 0 Å². The minimum Gasteiger partial charge on any atom is -0.391 e. The number of anilines is 1. The van der Waals surface area contributed by atoms with E-state index in [0.29, 0.717) is 30.8 Å². The van der Waals surface area contributed by atoms with Gasteiger partial charge in [-0.2, -0.15) is 0 Å². The third kappa shape index (κ3) is 2.72. The fourth-order valence-corrected chi connectivity index (χ4v) is 2.34. The van der Waals surface area contributed by atoms with Crippen molar-refractivity contribution < 1.29 is 14.8 Å². The maximum Gasteiger partial charge on any atom is 0.321 e. The average molecular weight is 279 g/mol. The summed E-state index contributed by atoms with van der Waals surface area (Å²) < 4.78 is 0. The number of nitrogens with zero attached hydrogens (tertiary/aromatic N) is 2. The fourth-order valence-electron chi connectivity index (χ4n) is 2.34. The van der Waals surface area contributed by atoms with Crippen LogP contribution in [0.25, 0.3) is 0 Å². The Balaban J connectivity index is 2.22. The third-order valence-electron chi connectivity index (χ3n) is 3.52. The van der Waals surface area contributed by atoms with Crippen molar-refractivity contribution in [2.24, 2.45) is 0 Å². The first kappa shape index (κ1) is 14.3. The minimum absolute atomic E-state index is 0.0210. The van der Waals surface area contributed by atoms with Crippen molar-refractivity contribution in [3.05, 3.63) is 33.4 Å². The van der Waals surface area contributed by atoms with Gasteiger partial charge < -0.3 is 15.3 Å². The molecule has 1 aromatic rings. The van der Waals surface area contributed by atoms with E-state index in [0.717, 1.165) is 5.56 Å². The Morgan fingerprint density at radius 1 is 1.50 bits per heavy atom. The number of hydrogen-bond acceptors (Lipinski definition) is 4. The zero-order chi connectivity index (χ0) is 14.9. The van der Waals surface area contributed by atoms with Crippen LogP contribution in [0.15, 0.2) is 12.1 Å². The molecule has 0 saturated carbocycles. The second-order valence-electron chi connectivity index (χ2n) is 4.98. The van der Waals surface area contributed by atoms with E-state index >= 15 is 0 Å². The molecule has 20 heavy (non-hydrogen) atoms. The minimum atomic E-state index is -0.493. The number of urea groups is 1. The van der Waals surface area contributed by atoms with Gasteiger partial charge in [-0.3, -0.25) is 10.1 Å². The van der Waals surface area contributed by atoms with E-state index in [-0.39, 0.29) is 11.7 Å². The van der Waals surface area contributed by atoms with E-state index in [2.05, 4.69) is 5.32 Å². The highest BCUT2D eigenvalue weighted by atomic mass is 16.6. The monoisotopic (exact) mass is 279 g/mol. The van der Waals surface area contributed by atoms with E-state index < -0.39 is 11.0 Å². The maximum absolute atomic E-state index is 12.1. The number of nitrogens with one attached hydrogen (secondary N) is 1. The molecular formula is C13H17N3O4. The predicted molar refractivity (Wildman–Crippen MR) is 73.8 cm³/mol. The van der Waals surface area contributed by atoms with Crippen molar-refractivity contribution in [3.8, 4) is 0 Å². The van der Waals surface area contributed by atoms with E-state index in [1.807, 2.05) is 0 Å². The lowest BCUT2D eigenvalue weighted by Gasteiger charge is -2.18. The molecule has 1 atom stereocenters. The molecular weight excluding hydrogens is 262 g/mol. The van der Waals surface area contributed by atoms with Crippen molar-refractivity contribution in [1.29, 1.82) is 0 Å². The Morgan fingerprint density at radius 3 is 2.75 bits per heavy atom. The summed E-state index contributed by atoms with van der Waals surface area (Å²) in [6.07, 6.45) is 0.0633. The van der Waals surface area contributed by atoms with E-state index in [1.54, 1.807) is 19.9 Å². The number of aliphatic hydroxyl groups excluding tert-OH is 1. The quantitative estimate of drug-likeness (QED) is 0.637. The molecule has 1 heterocycles. The molecule has 1 aromatic carbocycles. The van der Waals surface area contributed by atoms with Crippen LogP contribution in [-0.4, -0.2) is 40.2 Å². The highest BCUT2D eigenvalue weighted by molar-refractivity contribution is 5.92. The number of likely N-dealkylation sites (tertiary alicyclic amines) is 1. The number of rotatable bonds is 2. The highest BCUT2D eigenvalue weighted by Crippen LogP contribution is 2.29. The van der Waals surface area contributed by atoms with Crippen LogP contribution in [0, 0.1) is 24.0 Å². The summed E-state index contributed by atoms with van der Waals surface area (Å²) in [6, 6.07) is 2.70. The lowest BCUT2D eigenvalue weighted by Crippen LogP contribution is -2.34. The first-order chi connectivity index (χ1) is 9.40. The van der Waals surface area contributed by atoms with Crippen molar-refractivity contribution >= 4 is 17.4 Å². The average Bonchev–Trinajstić information content (AvgIpc) is 2.80. The number of aryl methyl sites for hydroxylation is 1. The molecule has 1 saturated heterocycles. The Kier molecular flexibility index (Phi) is 3.89. The van der Waals surface area contributed by atoms with Gasteiger partial charge >= 0.3 is 6.03 Å². The number of nitro groups is 1. The molecule has 1 aliphatic rings. The van der Waals surface area contributed by atoms with Crippen LogP contribution in [0.5, 0.6) is 0 Å². The summed E-state index contributed by atoms with van der Waals surface area (Å²) in [5.41, 5.74) is 1.64. The number of nitro benzene ring substituents is 1. The predicted octanol–water partition coefficient (Wildman–Crippen LogP) is 1.81. The Labute approximate surface area is 116 Å². The third-order valence-corrected chi connectivity index (χ3v) is 3.52. The lowest BCUT2D eigenvalue weighted by atomic mass is 10.1. The van der Waals surface area contributed by atoms with Crippen LogP contribution in [0.1, 0.15) is 17.5 Å². The summed E-state index contributed by atoms with van der Waals surface area (Å²) in [6.45, 7) is 4.17. The normalized spacial score (nSPS) is 18.1. The number of β-amino-alcohol motifs (C(OH)–C–C–N with tert-alkyl or cyclic N) is 1. The topological polar surface area (TPSA) is 95.7 Å². The first-order valence-corrected chi connectivity index (χ1v) is 6.38. The Hall–Kier alpha value is -2.15. The van der Waals surface area contributed by atoms with Crippen LogP contribution in [0.2, 0.25) is 0 Å². The summed E-state index contributed by atoms with van der Waals surface area (Å²) in [5.74, 6) is 0. The molecule has 2 rings (SSSR count). The van der Waals surface area contributed by atoms with Gasteiger partial charge in [0.15, 0.2) is 0 Å². The van der Waals surface area contributed by atoms with E-state index in [4.69, 9.17) is 0 Å². The second kappa shape index (κ2) is 5.46. The van der Waals surface area contributed by atoms with Gasteiger partial charge in [0.05, 0.1) is 22.3 Å². The second-order valence-corrected chi connectivity index (χ2v) is 4.98. The maximum atomic E-state index is 12.1. The van der Waals surface area contributed by atoms with Gasteiger partial charge in [0.25, 0.3) is 5.69 Å². The Bertz CT molecular complexity index is 559. The number of aliphatic hydroxyl groups is 1. The van der Waals surface area contributed by atoms with Crippen LogP contribution in [-0.2, 0) is 0 Å². The molecule has 7 heteroatoms. The molecule has 0 aromatic heterocycles. The molecule has 1 aliphatic heterocycles. The van der Waals surface area contributed by atoms with Crippen LogP contribution < -0.4 is 5.32 Å². The van der Waals surface area contributed by atoms with Gasteiger partial charge in [0.1, 0.15) is 0 Å². The first-order valence-electron chi connectivity index (χ1n) is 6.38. The van der Waals surface area contributed by atoms with Crippen LogP contribution >= 0.6 is 0 Å². The van der Waals surface area contributed by atoms with Gasteiger partial charge in [-0.05, 0) is 25.8 Å². The van der Waals surface area contributed by atoms with Gasteiger partial charge in [-0.1, -0.05) is 6.07 Å². The SMILES string of the molecule is Cc1ccc([N+](=O)[O-])c(C)c1NC(=O)N1CC[C@H](O)C1. The fraction of sp³-hybridized carbons (Fsp3) is 0.462. The molecule has 2 amide bonds.